The van der Waals surface area contributed by atoms with Gasteiger partial charge in [-0.1, -0.05) is 30.3 Å². The largest absolute Gasteiger partial charge is 0.497 e. The zero-order valence-electron chi connectivity index (χ0n) is 14.1. The van der Waals surface area contributed by atoms with Gasteiger partial charge in [0.25, 0.3) is 0 Å². The zero-order valence-corrected chi connectivity index (χ0v) is 14.1. The lowest BCUT2D eigenvalue weighted by Crippen LogP contribution is -2.33. The summed E-state index contributed by atoms with van der Waals surface area (Å²) < 4.78 is 9.83. The van der Waals surface area contributed by atoms with Crippen molar-refractivity contribution in [2.45, 2.75) is 6.04 Å². The van der Waals surface area contributed by atoms with E-state index in [9.17, 15) is 9.59 Å². The summed E-state index contributed by atoms with van der Waals surface area (Å²) in [5.41, 5.74) is 7.34. The molecule has 0 saturated carbocycles. The van der Waals surface area contributed by atoms with Gasteiger partial charge < -0.3 is 20.5 Å². The molecule has 0 bridgehead atoms. The Hall–Kier alpha value is -3.28. The van der Waals surface area contributed by atoms with Crippen LogP contribution in [0.1, 0.15) is 17.2 Å². The van der Waals surface area contributed by atoms with E-state index >= 15 is 0 Å². The summed E-state index contributed by atoms with van der Waals surface area (Å²) in [6.45, 7) is 0. The van der Waals surface area contributed by atoms with Crippen molar-refractivity contribution in [1.29, 1.82) is 0 Å². The normalized spacial score (nSPS) is 12.2. The Morgan fingerprint density at radius 2 is 1.68 bits per heavy atom. The van der Waals surface area contributed by atoms with Crippen molar-refractivity contribution in [2.24, 2.45) is 5.73 Å². The molecule has 0 fully saturated rings. The Balaban J connectivity index is 2.39. The summed E-state index contributed by atoms with van der Waals surface area (Å²) in [7, 11) is 2.85. The van der Waals surface area contributed by atoms with Gasteiger partial charge in [-0.15, -0.1) is 0 Å². The molecule has 0 radical (unpaired) electrons. The van der Waals surface area contributed by atoms with Crippen LogP contribution in [0.4, 0.5) is 0 Å². The Morgan fingerprint density at radius 1 is 1.04 bits per heavy atom. The van der Waals surface area contributed by atoms with E-state index in [2.05, 4.69) is 5.32 Å². The number of hydrogen-bond donors (Lipinski definition) is 2. The monoisotopic (exact) mass is 340 g/mol. The Morgan fingerprint density at radius 3 is 2.20 bits per heavy atom. The molecule has 6 heteroatoms. The SMILES string of the molecule is COC(=O)/C=C(\N[C@H](C(N)=O)c1ccccc1)c1ccc(OC)cc1. The number of methoxy groups -OCH3 is 2. The highest BCUT2D eigenvalue weighted by Crippen LogP contribution is 2.21. The van der Waals surface area contributed by atoms with Crippen LogP contribution in [-0.2, 0) is 14.3 Å². The standard InChI is InChI=1S/C19H20N2O4/c1-24-15-10-8-13(9-11-15)16(12-17(22)25-2)21-18(19(20)23)14-6-4-3-5-7-14/h3-12,18,21H,1-2H3,(H2,20,23)/b16-12-/t18-/m0/s1. The van der Waals surface area contributed by atoms with Gasteiger partial charge in [0.1, 0.15) is 11.8 Å². The molecule has 3 N–H and O–H groups in total. The van der Waals surface area contributed by atoms with E-state index in [-0.39, 0.29) is 0 Å². The summed E-state index contributed by atoms with van der Waals surface area (Å²) in [5.74, 6) is -0.430. The maximum absolute atomic E-state index is 11.9. The number of ether oxygens (including phenoxy) is 2. The van der Waals surface area contributed by atoms with Crippen LogP contribution < -0.4 is 15.8 Å². The van der Waals surface area contributed by atoms with Crippen LogP contribution in [0.15, 0.2) is 60.7 Å². The minimum absolute atomic E-state index is 0.419. The molecule has 2 rings (SSSR count). The number of rotatable bonds is 7. The van der Waals surface area contributed by atoms with Crippen molar-refractivity contribution in [2.75, 3.05) is 14.2 Å². The lowest BCUT2D eigenvalue weighted by Gasteiger charge is -2.20. The molecular weight excluding hydrogens is 320 g/mol. The maximum Gasteiger partial charge on any atom is 0.332 e. The van der Waals surface area contributed by atoms with E-state index in [4.69, 9.17) is 15.2 Å². The number of primary amides is 1. The highest BCUT2D eigenvalue weighted by molar-refractivity contribution is 5.92. The van der Waals surface area contributed by atoms with Crippen molar-refractivity contribution in [1.82, 2.24) is 5.32 Å². The van der Waals surface area contributed by atoms with Gasteiger partial charge in [0, 0.05) is 11.8 Å². The molecule has 2 aromatic rings. The third-order valence-electron chi connectivity index (χ3n) is 3.58. The molecule has 6 nitrogen and oxygen atoms in total. The fraction of sp³-hybridized carbons (Fsp3) is 0.158. The molecule has 25 heavy (non-hydrogen) atoms. The number of hydrogen-bond acceptors (Lipinski definition) is 5. The zero-order chi connectivity index (χ0) is 18.2. The first-order valence-electron chi connectivity index (χ1n) is 7.60. The highest BCUT2D eigenvalue weighted by atomic mass is 16.5. The average molecular weight is 340 g/mol. The molecule has 1 atom stereocenters. The molecule has 0 aliphatic rings. The van der Waals surface area contributed by atoms with Gasteiger partial charge in [-0.2, -0.15) is 0 Å². The number of benzene rings is 2. The van der Waals surface area contributed by atoms with Crippen LogP contribution in [0.2, 0.25) is 0 Å². The Bertz CT molecular complexity index is 755. The summed E-state index contributed by atoms with van der Waals surface area (Å²) in [5, 5.41) is 3.03. The number of amides is 1. The third-order valence-corrected chi connectivity index (χ3v) is 3.58. The second kappa shape index (κ2) is 8.54. The summed E-state index contributed by atoms with van der Waals surface area (Å²) in [4.78, 5) is 23.6. The van der Waals surface area contributed by atoms with Crippen LogP contribution in [0.3, 0.4) is 0 Å². The van der Waals surface area contributed by atoms with Crippen LogP contribution in [0.25, 0.3) is 5.70 Å². The number of esters is 1. The molecule has 1 amide bonds. The van der Waals surface area contributed by atoms with Crippen LogP contribution in [-0.4, -0.2) is 26.1 Å². The third kappa shape index (κ3) is 4.84. The van der Waals surface area contributed by atoms with E-state index in [1.54, 1.807) is 43.5 Å². The summed E-state index contributed by atoms with van der Waals surface area (Å²) >= 11 is 0. The molecule has 130 valence electrons. The molecule has 0 spiro atoms. The van der Waals surface area contributed by atoms with Gasteiger partial charge in [-0.3, -0.25) is 4.79 Å². The second-order valence-corrected chi connectivity index (χ2v) is 5.20. The predicted molar refractivity (Wildman–Crippen MR) is 94.5 cm³/mol. The number of nitrogens with two attached hydrogens (primary N) is 1. The molecule has 0 heterocycles. The minimum Gasteiger partial charge on any atom is -0.497 e. The molecule has 0 aromatic heterocycles. The van der Waals surface area contributed by atoms with Gasteiger partial charge in [-0.05, 0) is 35.4 Å². The molecule has 0 aliphatic heterocycles. The number of carbonyl (C=O) groups excluding carboxylic acids is 2. The van der Waals surface area contributed by atoms with E-state index in [0.29, 0.717) is 22.6 Å². The lowest BCUT2D eigenvalue weighted by atomic mass is 10.0. The summed E-state index contributed by atoms with van der Waals surface area (Å²) in [6.07, 6.45) is 1.28. The van der Waals surface area contributed by atoms with Crippen molar-refractivity contribution in [3.63, 3.8) is 0 Å². The first-order chi connectivity index (χ1) is 12.0. The van der Waals surface area contributed by atoms with E-state index < -0.39 is 17.9 Å². The van der Waals surface area contributed by atoms with Gasteiger partial charge in [0.05, 0.1) is 14.2 Å². The first-order valence-corrected chi connectivity index (χ1v) is 7.60. The molecule has 0 unspecified atom stereocenters. The first kappa shape index (κ1) is 18.1. The van der Waals surface area contributed by atoms with Gasteiger partial charge in [0.2, 0.25) is 5.91 Å². The Labute approximate surface area is 146 Å². The summed E-state index contributed by atoms with van der Waals surface area (Å²) in [6, 6.07) is 15.3. The average Bonchev–Trinajstić information content (AvgIpc) is 2.65. The smallest absolute Gasteiger partial charge is 0.332 e. The topological polar surface area (TPSA) is 90.6 Å². The van der Waals surface area contributed by atoms with E-state index in [0.717, 1.165) is 0 Å². The molecule has 0 saturated heterocycles. The van der Waals surface area contributed by atoms with Gasteiger partial charge in [-0.25, -0.2) is 4.79 Å². The van der Waals surface area contributed by atoms with Crippen LogP contribution in [0, 0.1) is 0 Å². The minimum atomic E-state index is -0.792. The quantitative estimate of drug-likeness (QED) is 0.594. The van der Waals surface area contributed by atoms with E-state index in [1.165, 1.54) is 13.2 Å². The molecule has 2 aromatic carbocycles. The second-order valence-electron chi connectivity index (χ2n) is 5.20. The van der Waals surface area contributed by atoms with Crippen molar-refractivity contribution in [3.05, 3.63) is 71.8 Å². The van der Waals surface area contributed by atoms with Gasteiger partial charge >= 0.3 is 5.97 Å². The molecule has 0 aliphatic carbocycles. The number of nitrogens with one attached hydrogen (secondary N) is 1. The molecular formula is C19H20N2O4. The fourth-order valence-electron chi connectivity index (χ4n) is 2.28. The Kier molecular flexibility index (Phi) is 6.17. The van der Waals surface area contributed by atoms with Crippen LogP contribution in [0.5, 0.6) is 5.75 Å². The lowest BCUT2D eigenvalue weighted by molar-refractivity contribution is -0.134. The predicted octanol–water partition coefficient (Wildman–Crippen LogP) is 2.03. The van der Waals surface area contributed by atoms with Crippen molar-refractivity contribution < 1.29 is 19.1 Å². The van der Waals surface area contributed by atoms with Crippen LogP contribution >= 0.6 is 0 Å². The highest BCUT2D eigenvalue weighted by Gasteiger charge is 2.19. The maximum atomic E-state index is 11.9. The number of carbonyl (C=O) groups is 2. The fourth-order valence-corrected chi connectivity index (χ4v) is 2.28. The van der Waals surface area contributed by atoms with E-state index in [1.807, 2.05) is 18.2 Å². The van der Waals surface area contributed by atoms with Crippen molar-refractivity contribution >= 4 is 17.6 Å². The van der Waals surface area contributed by atoms with Crippen molar-refractivity contribution in [3.8, 4) is 5.75 Å². The van der Waals surface area contributed by atoms with Gasteiger partial charge in [0.15, 0.2) is 0 Å².